The standard InChI is InChI=1S/C22H17BrN4O6/c1-33-19-11-13(10-17(23)20(19)28)12-24-26-21(29)14-6-8-15(9-7-14)25-22(30)16-4-2-3-5-18(16)27(31)32/h2-12,28H,1H3,(H,25,30)(H,26,29)/b24-12-. The van der Waals surface area contributed by atoms with Crippen LogP contribution in [0.25, 0.3) is 0 Å². The summed E-state index contributed by atoms with van der Waals surface area (Å²) in [5.74, 6) is -0.935. The van der Waals surface area contributed by atoms with Crippen molar-refractivity contribution in [1.29, 1.82) is 0 Å². The molecule has 0 heterocycles. The maximum Gasteiger partial charge on any atom is 0.282 e. The molecule has 3 aromatic rings. The van der Waals surface area contributed by atoms with Gasteiger partial charge in [0, 0.05) is 17.3 Å². The molecule has 0 aliphatic heterocycles. The van der Waals surface area contributed by atoms with Gasteiger partial charge < -0.3 is 15.2 Å². The van der Waals surface area contributed by atoms with Gasteiger partial charge in [-0.25, -0.2) is 5.43 Å². The van der Waals surface area contributed by atoms with E-state index in [1.54, 1.807) is 12.1 Å². The number of rotatable bonds is 7. The van der Waals surface area contributed by atoms with Crippen LogP contribution in [0.5, 0.6) is 11.5 Å². The molecule has 3 aromatic carbocycles. The lowest BCUT2D eigenvalue weighted by Crippen LogP contribution is -2.18. The van der Waals surface area contributed by atoms with Crippen molar-refractivity contribution in [2.75, 3.05) is 12.4 Å². The number of carbonyl (C=O) groups excluding carboxylic acids is 2. The highest BCUT2D eigenvalue weighted by Crippen LogP contribution is 2.34. The normalized spacial score (nSPS) is 10.6. The highest BCUT2D eigenvalue weighted by molar-refractivity contribution is 9.10. The molecule has 0 fully saturated rings. The number of nitrogens with zero attached hydrogens (tertiary/aromatic N) is 2. The molecule has 10 nitrogen and oxygen atoms in total. The van der Waals surface area contributed by atoms with Crippen LogP contribution >= 0.6 is 15.9 Å². The van der Waals surface area contributed by atoms with Crippen LogP contribution in [0.1, 0.15) is 26.3 Å². The number of phenols is 1. The number of phenolic OH excluding ortho intramolecular Hbond substituents is 1. The zero-order valence-corrected chi connectivity index (χ0v) is 18.7. The summed E-state index contributed by atoms with van der Waals surface area (Å²) in [7, 11) is 1.41. The van der Waals surface area contributed by atoms with Crippen molar-refractivity contribution in [2.24, 2.45) is 5.10 Å². The Morgan fingerprint density at radius 2 is 1.82 bits per heavy atom. The number of ether oxygens (including phenoxy) is 1. The smallest absolute Gasteiger partial charge is 0.282 e. The monoisotopic (exact) mass is 512 g/mol. The Morgan fingerprint density at radius 1 is 1.12 bits per heavy atom. The number of anilines is 1. The molecule has 33 heavy (non-hydrogen) atoms. The number of benzene rings is 3. The first-order valence-electron chi connectivity index (χ1n) is 9.35. The van der Waals surface area contributed by atoms with Gasteiger partial charge >= 0.3 is 0 Å². The van der Waals surface area contributed by atoms with E-state index in [2.05, 4.69) is 31.8 Å². The van der Waals surface area contributed by atoms with Crippen molar-refractivity contribution in [3.63, 3.8) is 0 Å². The molecule has 0 bridgehead atoms. The van der Waals surface area contributed by atoms with Gasteiger partial charge in [-0.05, 0) is 64.0 Å². The number of nitrogens with one attached hydrogen (secondary N) is 2. The molecule has 168 valence electrons. The fraction of sp³-hybridized carbons (Fsp3) is 0.0455. The minimum absolute atomic E-state index is 0.0484. The van der Waals surface area contributed by atoms with Gasteiger partial charge in [0.1, 0.15) is 5.56 Å². The van der Waals surface area contributed by atoms with Crippen molar-refractivity contribution in [2.45, 2.75) is 0 Å². The van der Waals surface area contributed by atoms with Crippen molar-refractivity contribution < 1.29 is 24.4 Å². The molecule has 0 saturated heterocycles. The van der Waals surface area contributed by atoms with E-state index in [4.69, 9.17) is 4.74 Å². The van der Waals surface area contributed by atoms with Gasteiger partial charge in [0.05, 0.1) is 22.7 Å². The van der Waals surface area contributed by atoms with Gasteiger partial charge in [-0.15, -0.1) is 0 Å². The van der Waals surface area contributed by atoms with Crippen LogP contribution in [0.2, 0.25) is 0 Å². The molecule has 0 atom stereocenters. The summed E-state index contributed by atoms with van der Waals surface area (Å²) in [4.78, 5) is 35.1. The molecule has 3 rings (SSSR count). The molecule has 0 aliphatic carbocycles. The molecular weight excluding hydrogens is 496 g/mol. The van der Waals surface area contributed by atoms with Crippen molar-refractivity contribution in [3.8, 4) is 11.5 Å². The summed E-state index contributed by atoms with van der Waals surface area (Å²) in [6, 6.07) is 14.7. The largest absolute Gasteiger partial charge is 0.503 e. The fourth-order valence-electron chi connectivity index (χ4n) is 2.78. The minimum Gasteiger partial charge on any atom is -0.503 e. The number of nitro benzene ring substituents is 1. The van der Waals surface area contributed by atoms with Crippen LogP contribution in [0.4, 0.5) is 11.4 Å². The Hall–Kier alpha value is -4.25. The molecule has 0 saturated carbocycles. The Kier molecular flexibility index (Phi) is 7.36. The summed E-state index contributed by atoms with van der Waals surface area (Å²) in [5.41, 5.74) is 3.21. The van der Waals surface area contributed by atoms with Gasteiger partial charge in [0.15, 0.2) is 11.5 Å². The average Bonchev–Trinajstić information content (AvgIpc) is 2.81. The molecule has 0 radical (unpaired) electrons. The fourth-order valence-corrected chi connectivity index (χ4v) is 3.24. The molecule has 0 aromatic heterocycles. The van der Waals surface area contributed by atoms with Gasteiger partial charge in [0.2, 0.25) is 0 Å². The second-order valence-corrected chi connectivity index (χ2v) is 7.41. The number of carbonyl (C=O) groups is 2. The van der Waals surface area contributed by atoms with Gasteiger partial charge in [-0.1, -0.05) is 12.1 Å². The lowest BCUT2D eigenvalue weighted by molar-refractivity contribution is -0.385. The summed E-state index contributed by atoms with van der Waals surface area (Å²) in [6.45, 7) is 0. The van der Waals surface area contributed by atoms with Crippen LogP contribution in [-0.4, -0.2) is 35.2 Å². The van der Waals surface area contributed by atoms with E-state index in [1.165, 1.54) is 61.9 Å². The van der Waals surface area contributed by atoms with E-state index in [1.807, 2.05) is 0 Å². The maximum absolute atomic E-state index is 12.4. The number of hydrazone groups is 1. The van der Waals surface area contributed by atoms with E-state index in [0.29, 0.717) is 15.7 Å². The van der Waals surface area contributed by atoms with E-state index >= 15 is 0 Å². The highest BCUT2D eigenvalue weighted by Gasteiger charge is 2.19. The molecule has 2 amide bonds. The quantitative estimate of drug-likeness (QED) is 0.247. The van der Waals surface area contributed by atoms with Crippen LogP contribution in [0.15, 0.2) is 70.2 Å². The van der Waals surface area contributed by atoms with Crippen LogP contribution in [-0.2, 0) is 0 Å². The number of hydrogen-bond acceptors (Lipinski definition) is 7. The second kappa shape index (κ2) is 10.4. The van der Waals surface area contributed by atoms with Crippen molar-refractivity contribution >= 4 is 45.3 Å². The number of aromatic hydroxyl groups is 1. The summed E-state index contributed by atoms with van der Waals surface area (Å²) < 4.78 is 5.47. The maximum atomic E-state index is 12.4. The predicted molar refractivity (Wildman–Crippen MR) is 125 cm³/mol. The number of para-hydroxylation sites is 1. The first kappa shape index (κ1) is 23.4. The van der Waals surface area contributed by atoms with E-state index in [0.717, 1.165) is 0 Å². The van der Waals surface area contributed by atoms with Gasteiger partial charge in [-0.2, -0.15) is 5.10 Å². The van der Waals surface area contributed by atoms with E-state index < -0.39 is 16.7 Å². The Bertz CT molecular complexity index is 1240. The Morgan fingerprint density at radius 3 is 2.48 bits per heavy atom. The zero-order valence-electron chi connectivity index (χ0n) is 17.1. The number of halogens is 1. The van der Waals surface area contributed by atoms with Crippen LogP contribution in [0.3, 0.4) is 0 Å². The predicted octanol–water partition coefficient (Wildman–Crippen LogP) is 4.09. The summed E-state index contributed by atoms with van der Waals surface area (Å²) >= 11 is 3.20. The molecule has 0 spiro atoms. The van der Waals surface area contributed by atoms with Crippen LogP contribution in [0, 0.1) is 10.1 Å². The average molecular weight is 513 g/mol. The Balaban J connectivity index is 1.64. The second-order valence-electron chi connectivity index (χ2n) is 6.56. The lowest BCUT2D eigenvalue weighted by atomic mass is 10.1. The minimum atomic E-state index is -0.639. The third kappa shape index (κ3) is 5.71. The topological polar surface area (TPSA) is 143 Å². The first-order chi connectivity index (χ1) is 15.8. The number of hydrogen-bond donors (Lipinski definition) is 3. The molecule has 0 aliphatic rings. The van der Waals surface area contributed by atoms with Gasteiger partial charge in [-0.3, -0.25) is 19.7 Å². The highest BCUT2D eigenvalue weighted by atomic mass is 79.9. The van der Waals surface area contributed by atoms with E-state index in [9.17, 15) is 24.8 Å². The lowest BCUT2D eigenvalue weighted by Gasteiger charge is -2.07. The SMILES string of the molecule is COc1cc(/C=N\NC(=O)c2ccc(NC(=O)c3ccccc3[N+](=O)[O-])cc2)cc(Br)c1O. The van der Waals surface area contributed by atoms with Crippen molar-refractivity contribution in [1.82, 2.24) is 5.43 Å². The molecule has 0 unspecified atom stereocenters. The number of amides is 2. The van der Waals surface area contributed by atoms with Gasteiger partial charge in [0.25, 0.3) is 17.5 Å². The zero-order chi connectivity index (χ0) is 24.0. The number of nitro groups is 1. The Labute approximate surface area is 196 Å². The van der Waals surface area contributed by atoms with Crippen molar-refractivity contribution in [3.05, 3.63) is 91.9 Å². The van der Waals surface area contributed by atoms with E-state index in [-0.39, 0.29) is 28.3 Å². The molecule has 11 heteroatoms. The summed E-state index contributed by atoms with van der Waals surface area (Å²) in [6.07, 6.45) is 1.38. The van der Waals surface area contributed by atoms with Crippen LogP contribution < -0.4 is 15.5 Å². The first-order valence-corrected chi connectivity index (χ1v) is 10.1. The molecular formula is C22H17BrN4O6. The molecule has 3 N–H and O–H groups in total. The third-order valence-electron chi connectivity index (χ3n) is 4.40. The summed E-state index contributed by atoms with van der Waals surface area (Å²) in [5, 5.41) is 27.4. The number of methoxy groups -OCH3 is 1. The third-order valence-corrected chi connectivity index (χ3v) is 5.01.